The molecule has 3 fully saturated rings. The Balaban J connectivity index is 1.26. The molecule has 6 rings (SSSR count). The van der Waals surface area contributed by atoms with Crippen molar-refractivity contribution in [1.29, 1.82) is 0 Å². The fraction of sp³-hybridized carbons (Fsp3) is 0.375. The third-order valence-electron chi connectivity index (χ3n) is 7.45. The molecule has 4 aliphatic rings. The third-order valence-corrected chi connectivity index (χ3v) is 7.45. The van der Waals surface area contributed by atoms with E-state index in [-0.39, 0.29) is 34.5 Å². The SMILES string of the molecule is O=C(c1cccc(F)c1C1=NC=CCN1)N1CC2CC23CC(Nc2ccc(C(F)(F)F)nc2)C13. The molecule has 4 atom stereocenters. The van der Waals surface area contributed by atoms with E-state index in [1.54, 1.807) is 23.2 Å². The first-order chi connectivity index (χ1) is 16.3. The monoisotopic (exact) mass is 471 g/mol. The number of nitrogens with zero attached hydrogens (tertiary/aromatic N) is 3. The molecule has 2 saturated carbocycles. The number of alkyl halides is 3. The number of rotatable bonds is 4. The number of likely N-dealkylation sites (tertiary alicyclic amines) is 1. The van der Waals surface area contributed by atoms with Crippen molar-refractivity contribution in [1.82, 2.24) is 15.2 Å². The average Bonchev–Trinajstić information content (AvgIpc) is 3.47. The number of benzene rings is 1. The van der Waals surface area contributed by atoms with Crippen molar-refractivity contribution in [2.45, 2.75) is 31.1 Å². The number of halogens is 4. The minimum Gasteiger partial charge on any atom is -0.379 e. The van der Waals surface area contributed by atoms with Crippen LogP contribution in [0.2, 0.25) is 0 Å². The predicted octanol–water partition coefficient (Wildman–Crippen LogP) is 3.82. The summed E-state index contributed by atoms with van der Waals surface area (Å²) in [5.74, 6) is -0.0646. The zero-order chi connectivity index (χ0) is 23.7. The number of anilines is 1. The van der Waals surface area contributed by atoms with Gasteiger partial charge < -0.3 is 15.5 Å². The second-order valence-electron chi connectivity index (χ2n) is 9.33. The molecule has 4 unspecified atom stereocenters. The fourth-order valence-electron chi connectivity index (χ4n) is 5.85. The maximum atomic E-state index is 14.8. The highest BCUT2D eigenvalue weighted by atomic mass is 19.4. The minimum atomic E-state index is -4.50. The molecule has 3 heterocycles. The second kappa shape index (κ2) is 7.28. The van der Waals surface area contributed by atoms with Gasteiger partial charge in [-0.25, -0.2) is 14.4 Å². The van der Waals surface area contributed by atoms with Crippen molar-refractivity contribution in [3.63, 3.8) is 0 Å². The lowest BCUT2D eigenvalue weighted by molar-refractivity contribution is -0.141. The van der Waals surface area contributed by atoms with Gasteiger partial charge in [0.1, 0.15) is 17.3 Å². The second-order valence-corrected chi connectivity index (χ2v) is 9.33. The topological polar surface area (TPSA) is 69.6 Å². The highest BCUT2D eigenvalue weighted by Crippen LogP contribution is 2.71. The van der Waals surface area contributed by atoms with Crippen LogP contribution in [-0.2, 0) is 6.18 Å². The zero-order valence-electron chi connectivity index (χ0n) is 17.9. The van der Waals surface area contributed by atoms with Crippen molar-refractivity contribution >= 4 is 17.4 Å². The summed E-state index contributed by atoms with van der Waals surface area (Å²) in [4.78, 5) is 23.2. The summed E-state index contributed by atoms with van der Waals surface area (Å²) in [5, 5.41) is 6.28. The van der Waals surface area contributed by atoms with Gasteiger partial charge in [-0.15, -0.1) is 0 Å². The molecule has 2 aromatic rings. The number of hydrogen-bond donors (Lipinski definition) is 2. The molecule has 0 radical (unpaired) electrons. The lowest BCUT2D eigenvalue weighted by Crippen LogP contribution is -2.60. The Kier molecular flexibility index (Phi) is 4.53. The number of piperidine rings is 1. The average molecular weight is 471 g/mol. The first kappa shape index (κ1) is 21.1. The van der Waals surface area contributed by atoms with Crippen molar-refractivity contribution < 1.29 is 22.4 Å². The minimum absolute atomic E-state index is 0.0451. The van der Waals surface area contributed by atoms with Crippen LogP contribution >= 0.6 is 0 Å². The van der Waals surface area contributed by atoms with Crippen LogP contribution in [0.4, 0.5) is 23.2 Å². The van der Waals surface area contributed by atoms with Crippen LogP contribution in [0.3, 0.4) is 0 Å². The maximum Gasteiger partial charge on any atom is 0.433 e. The number of carbonyl (C=O) groups excluding carboxylic acids is 1. The first-order valence-electron chi connectivity index (χ1n) is 11.1. The normalized spacial score (nSPS) is 28.9. The van der Waals surface area contributed by atoms with Gasteiger partial charge in [-0.3, -0.25) is 4.79 Å². The van der Waals surface area contributed by atoms with Gasteiger partial charge in [0, 0.05) is 25.3 Å². The fourth-order valence-corrected chi connectivity index (χ4v) is 5.85. The van der Waals surface area contributed by atoms with Gasteiger partial charge in [-0.1, -0.05) is 6.07 Å². The highest BCUT2D eigenvalue weighted by molar-refractivity contribution is 6.10. The molecule has 1 aromatic heterocycles. The Morgan fingerprint density at radius 3 is 2.76 bits per heavy atom. The zero-order valence-corrected chi connectivity index (χ0v) is 17.9. The van der Waals surface area contributed by atoms with Gasteiger partial charge in [0.15, 0.2) is 0 Å². The first-order valence-corrected chi connectivity index (χ1v) is 11.1. The van der Waals surface area contributed by atoms with Crippen molar-refractivity contribution in [3.8, 4) is 0 Å². The Morgan fingerprint density at radius 2 is 2.06 bits per heavy atom. The summed E-state index contributed by atoms with van der Waals surface area (Å²) in [5.41, 5.74) is -0.0232. The van der Waals surface area contributed by atoms with Crippen molar-refractivity contribution in [2.24, 2.45) is 16.3 Å². The van der Waals surface area contributed by atoms with Gasteiger partial charge in [0.05, 0.1) is 29.1 Å². The summed E-state index contributed by atoms with van der Waals surface area (Å²) in [6, 6.07) is 6.52. The van der Waals surface area contributed by atoms with E-state index in [9.17, 15) is 22.4 Å². The van der Waals surface area contributed by atoms with Gasteiger partial charge in [0.25, 0.3) is 5.91 Å². The van der Waals surface area contributed by atoms with Crippen LogP contribution in [0.25, 0.3) is 0 Å². The summed E-state index contributed by atoms with van der Waals surface area (Å²) in [7, 11) is 0. The quantitative estimate of drug-likeness (QED) is 0.666. The number of aliphatic imine (C=N–C) groups is 1. The summed E-state index contributed by atoms with van der Waals surface area (Å²) >= 11 is 0. The highest BCUT2D eigenvalue weighted by Gasteiger charge is 2.75. The molecule has 1 saturated heterocycles. The number of amidine groups is 1. The Labute approximate surface area is 192 Å². The molecule has 176 valence electrons. The summed E-state index contributed by atoms with van der Waals surface area (Å²) < 4.78 is 53.3. The van der Waals surface area contributed by atoms with E-state index in [1.165, 1.54) is 24.4 Å². The molecular formula is C24H21F4N5O. The van der Waals surface area contributed by atoms with Crippen LogP contribution < -0.4 is 10.6 Å². The van der Waals surface area contributed by atoms with Crippen molar-refractivity contribution in [2.75, 3.05) is 18.4 Å². The Hall–Kier alpha value is -3.43. The van der Waals surface area contributed by atoms with Gasteiger partial charge in [-0.05, 0) is 54.5 Å². The lowest BCUT2D eigenvalue weighted by Gasteiger charge is -2.48. The number of hydrogen-bond acceptors (Lipinski definition) is 5. The third kappa shape index (κ3) is 3.19. The van der Waals surface area contributed by atoms with Crippen LogP contribution in [0.1, 0.15) is 34.5 Å². The number of nitrogens with one attached hydrogen (secondary N) is 2. The summed E-state index contributed by atoms with van der Waals surface area (Å²) in [6.45, 7) is 1.08. The van der Waals surface area contributed by atoms with Crippen LogP contribution in [0.5, 0.6) is 0 Å². The number of pyridine rings is 1. The Morgan fingerprint density at radius 1 is 1.21 bits per heavy atom. The van der Waals surface area contributed by atoms with E-state index >= 15 is 0 Å². The van der Waals surface area contributed by atoms with Crippen LogP contribution in [0, 0.1) is 17.2 Å². The van der Waals surface area contributed by atoms with E-state index < -0.39 is 17.7 Å². The maximum absolute atomic E-state index is 14.8. The van der Waals surface area contributed by atoms with E-state index in [2.05, 4.69) is 20.6 Å². The number of amides is 1. The standard InChI is InChI=1S/C24H21F4N5O/c25-16-4-1-3-15(19(16)21-29-7-2-8-30-21)22(34)33-12-13-9-23(13)10-17(20(23)33)32-14-5-6-18(31-11-14)24(26,27)28/h1-7,11,13,17,20,32H,8-10,12H2,(H,29,30). The van der Waals surface area contributed by atoms with Crippen LogP contribution in [-0.4, -0.2) is 46.8 Å². The molecule has 10 heteroatoms. The van der Waals surface area contributed by atoms with Gasteiger partial charge in [0.2, 0.25) is 0 Å². The molecule has 2 aliphatic heterocycles. The van der Waals surface area contributed by atoms with Gasteiger partial charge in [-0.2, -0.15) is 13.2 Å². The molecule has 1 aromatic carbocycles. The lowest BCUT2D eigenvalue weighted by atomic mass is 9.71. The number of carbonyl (C=O) groups is 1. The molecular weight excluding hydrogens is 450 g/mol. The molecule has 2 N–H and O–H groups in total. The molecule has 6 nitrogen and oxygen atoms in total. The predicted molar refractivity (Wildman–Crippen MR) is 117 cm³/mol. The Bertz CT molecular complexity index is 1220. The van der Waals surface area contributed by atoms with E-state index in [4.69, 9.17) is 0 Å². The summed E-state index contributed by atoms with van der Waals surface area (Å²) in [6.07, 6.45) is 1.92. The van der Waals surface area contributed by atoms with Crippen molar-refractivity contribution in [3.05, 3.63) is 71.4 Å². The molecule has 1 spiro atoms. The van der Waals surface area contributed by atoms with E-state index in [1.807, 2.05) is 0 Å². The molecule has 2 aliphatic carbocycles. The van der Waals surface area contributed by atoms with E-state index in [0.29, 0.717) is 30.5 Å². The smallest absolute Gasteiger partial charge is 0.379 e. The molecule has 1 amide bonds. The number of aromatic nitrogens is 1. The largest absolute Gasteiger partial charge is 0.433 e. The molecule has 34 heavy (non-hydrogen) atoms. The molecule has 0 bridgehead atoms. The van der Waals surface area contributed by atoms with Crippen LogP contribution in [0.15, 0.2) is 53.8 Å². The van der Waals surface area contributed by atoms with E-state index in [0.717, 1.165) is 18.9 Å². The van der Waals surface area contributed by atoms with Gasteiger partial charge >= 0.3 is 6.18 Å².